The van der Waals surface area contributed by atoms with Gasteiger partial charge >= 0.3 is 0 Å². The molecule has 4 nitrogen and oxygen atoms in total. The normalized spacial score (nSPS) is 10.9. The highest BCUT2D eigenvalue weighted by molar-refractivity contribution is 5.55. The van der Waals surface area contributed by atoms with Gasteiger partial charge in [-0.1, -0.05) is 25.1 Å². The quantitative estimate of drug-likeness (QED) is 0.849. The zero-order valence-corrected chi connectivity index (χ0v) is 13.6. The zero-order valence-electron chi connectivity index (χ0n) is 13.6. The van der Waals surface area contributed by atoms with Crippen molar-refractivity contribution in [2.45, 2.75) is 34.2 Å². The second-order valence-electron chi connectivity index (χ2n) is 5.09. The van der Waals surface area contributed by atoms with Crippen molar-refractivity contribution in [3.05, 3.63) is 41.6 Å². The number of nitrogens with zero attached hydrogens (tertiary/aromatic N) is 3. The van der Waals surface area contributed by atoms with Crippen LogP contribution in [-0.2, 0) is 6.54 Å². The van der Waals surface area contributed by atoms with Crippen LogP contribution in [0.15, 0.2) is 30.3 Å². The van der Waals surface area contributed by atoms with Crippen molar-refractivity contribution in [1.29, 1.82) is 0 Å². The van der Waals surface area contributed by atoms with E-state index >= 15 is 0 Å². The Morgan fingerprint density at radius 1 is 1.10 bits per heavy atom. The molecule has 0 saturated heterocycles. The summed E-state index contributed by atoms with van der Waals surface area (Å²) in [6.07, 6.45) is 0. The lowest BCUT2D eigenvalue weighted by atomic mass is 10.2. The Morgan fingerprint density at radius 2 is 1.76 bits per heavy atom. The van der Waals surface area contributed by atoms with E-state index in [2.05, 4.69) is 66.9 Å². The van der Waals surface area contributed by atoms with Crippen molar-refractivity contribution in [2.75, 3.05) is 24.5 Å². The fraction of sp³-hybridized carbons (Fsp3) is 0.471. The first kappa shape index (κ1) is 15.6. The third-order valence-corrected chi connectivity index (χ3v) is 3.77. The van der Waals surface area contributed by atoms with Gasteiger partial charge in [-0.3, -0.25) is 0 Å². The molecule has 0 unspecified atom stereocenters. The summed E-state index contributed by atoms with van der Waals surface area (Å²) in [5, 5.41) is 8.22. The molecule has 0 amide bonds. The smallest absolute Gasteiger partial charge is 0.137 e. The van der Waals surface area contributed by atoms with Gasteiger partial charge in [-0.15, -0.1) is 0 Å². The van der Waals surface area contributed by atoms with Crippen LogP contribution in [-0.4, -0.2) is 29.4 Å². The number of benzene rings is 1. The number of anilines is 1. The molecule has 4 heteroatoms. The minimum atomic E-state index is 0.862. The van der Waals surface area contributed by atoms with E-state index in [0.717, 1.165) is 37.6 Å². The van der Waals surface area contributed by atoms with Crippen molar-refractivity contribution in [3.63, 3.8) is 0 Å². The van der Waals surface area contributed by atoms with Crippen LogP contribution < -0.4 is 10.2 Å². The second kappa shape index (κ2) is 7.27. The molecule has 2 aromatic rings. The number of para-hydroxylation sites is 1. The highest BCUT2D eigenvalue weighted by Crippen LogP contribution is 2.27. The summed E-state index contributed by atoms with van der Waals surface area (Å²) in [6.45, 7) is 12.4. The lowest BCUT2D eigenvalue weighted by Gasteiger charge is -2.24. The first-order valence-corrected chi connectivity index (χ1v) is 7.82. The molecule has 0 spiro atoms. The Balaban J connectivity index is 2.54. The average molecular weight is 286 g/mol. The lowest BCUT2D eigenvalue weighted by molar-refractivity contribution is 0.715. The SMILES string of the molecule is CCNCc1c(C)nn(-c2ccccc2)c1N(CC)CC. The number of aryl methyl sites for hydroxylation is 1. The third-order valence-electron chi connectivity index (χ3n) is 3.77. The van der Waals surface area contributed by atoms with Gasteiger partial charge in [0.1, 0.15) is 5.82 Å². The monoisotopic (exact) mass is 286 g/mol. The standard InChI is InChI=1S/C17H26N4/c1-5-18-13-16-14(4)19-21(15-11-9-8-10-12-15)17(16)20(6-2)7-3/h8-12,18H,5-7,13H2,1-4H3. The van der Waals surface area contributed by atoms with Gasteiger partial charge < -0.3 is 10.2 Å². The predicted octanol–water partition coefficient (Wildman–Crippen LogP) is 3.14. The van der Waals surface area contributed by atoms with Gasteiger partial charge in [-0.25, -0.2) is 4.68 Å². The molecular weight excluding hydrogens is 260 g/mol. The highest BCUT2D eigenvalue weighted by atomic mass is 15.4. The topological polar surface area (TPSA) is 33.1 Å². The van der Waals surface area contributed by atoms with E-state index in [-0.39, 0.29) is 0 Å². The molecule has 1 heterocycles. The van der Waals surface area contributed by atoms with Crippen molar-refractivity contribution in [2.24, 2.45) is 0 Å². The summed E-state index contributed by atoms with van der Waals surface area (Å²) in [5.74, 6) is 1.21. The van der Waals surface area contributed by atoms with Crippen LogP contribution in [0.25, 0.3) is 5.69 Å². The first-order chi connectivity index (χ1) is 10.2. The van der Waals surface area contributed by atoms with Crippen molar-refractivity contribution >= 4 is 5.82 Å². The fourth-order valence-corrected chi connectivity index (χ4v) is 2.60. The maximum Gasteiger partial charge on any atom is 0.137 e. The molecule has 0 fully saturated rings. The molecule has 1 N–H and O–H groups in total. The zero-order chi connectivity index (χ0) is 15.2. The Hall–Kier alpha value is -1.81. The van der Waals surface area contributed by atoms with E-state index in [1.54, 1.807) is 0 Å². The molecule has 21 heavy (non-hydrogen) atoms. The van der Waals surface area contributed by atoms with Crippen LogP contribution in [0, 0.1) is 6.92 Å². The average Bonchev–Trinajstić information content (AvgIpc) is 2.84. The molecule has 0 aliphatic heterocycles. The molecule has 0 aliphatic rings. The van der Waals surface area contributed by atoms with Gasteiger partial charge in [0, 0.05) is 25.2 Å². The summed E-state index contributed by atoms with van der Waals surface area (Å²) >= 11 is 0. The molecule has 0 radical (unpaired) electrons. The number of rotatable bonds is 7. The number of aromatic nitrogens is 2. The molecule has 2 rings (SSSR count). The molecule has 1 aromatic heterocycles. The minimum absolute atomic E-state index is 0.862. The third kappa shape index (κ3) is 3.27. The Bertz CT molecular complexity index is 556. The van der Waals surface area contributed by atoms with Gasteiger partial charge in [0.15, 0.2) is 0 Å². The van der Waals surface area contributed by atoms with Gasteiger partial charge in [-0.2, -0.15) is 5.10 Å². The van der Waals surface area contributed by atoms with E-state index in [4.69, 9.17) is 5.10 Å². The molecule has 114 valence electrons. The summed E-state index contributed by atoms with van der Waals surface area (Å²) < 4.78 is 2.08. The maximum atomic E-state index is 4.79. The molecule has 0 bridgehead atoms. The van der Waals surface area contributed by atoms with Crippen molar-refractivity contribution in [3.8, 4) is 5.69 Å². The fourth-order valence-electron chi connectivity index (χ4n) is 2.60. The summed E-state index contributed by atoms with van der Waals surface area (Å²) in [5.41, 5.74) is 3.51. The molecule has 0 atom stereocenters. The molecule has 0 saturated carbocycles. The molecule has 1 aromatic carbocycles. The summed E-state index contributed by atoms with van der Waals surface area (Å²) in [7, 11) is 0. The summed E-state index contributed by atoms with van der Waals surface area (Å²) in [6, 6.07) is 10.4. The first-order valence-electron chi connectivity index (χ1n) is 7.82. The lowest BCUT2D eigenvalue weighted by Crippen LogP contribution is -2.27. The second-order valence-corrected chi connectivity index (χ2v) is 5.09. The van der Waals surface area contributed by atoms with Crippen LogP contribution in [0.3, 0.4) is 0 Å². The Morgan fingerprint density at radius 3 is 2.33 bits per heavy atom. The van der Waals surface area contributed by atoms with Gasteiger partial charge in [0.2, 0.25) is 0 Å². The van der Waals surface area contributed by atoms with Crippen LogP contribution >= 0.6 is 0 Å². The van der Waals surface area contributed by atoms with E-state index in [9.17, 15) is 0 Å². The maximum absolute atomic E-state index is 4.79. The predicted molar refractivity (Wildman–Crippen MR) is 89.2 cm³/mol. The Labute approximate surface area is 127 Å². The molecular formula is C17H26N4. The highest BCUT2D eigenvalue weighted by Gasteiger charge is 2.19. The Kier molecular flexibility index (Phi) is 5.39. The summed E-state index contributed by atoms with van der Waals surface area (Å²) in [4.78, 5) is 2.37. The number of hydrogen-bond donors (Lipinski definition) is 1. The molecule has 0 aliphatic carbocycles. The van der Waals surface area contributed by atoms with Gasteiger partial charge in [0.05, 0.1) is 11.4 Å². The number of nitrogens with one attached hydrogen (secondary N) is 1. The van der Waals surface area contributed by atoms with E-state index < -0.39 is 0 Å². The van der Waals surface area contributed by atoms with Crippen LogP contribution in [0.1, 0.15) is 32.0 Å². The van der Waals surface area contributed by atoms with Crippen LogP contribution in [0.5, 0.6) is 0 Å². The van der Waals surface area contributed by atoms with Crippen molar-refractivity contribution < 1.29 is 0 Å². The van der Waals surface area contributed by atoms with E-state index in [1.165, 1.54) is 11.4 Å². The number of hydrogen-bond acceptors (Lipinski definition) is 3. The largest absolute Gasteiger partial charge is 0.357 e. The van der Waals surface area contributed by atoms with Crippen LogP contribution in [0.4, 0.5) is 5.82 Å². The van der Waals surface area contributed by atoms with Gasteiger partial charge in [0.25, 0.3) is 0 Å². The van der Waals surface area contributed by atoms with Crippen molar-refractivity contribution in [1.82, 2.24) is 15.1 Å². The van der Waals surface area contributed by atoms with Crippen LogP contribution in [0.2, 0.25) is 0 Å². The van der Waals surface area contributed by atoms with Gasteiger partial charge in [-0.05, 0) is 39.4 Å². The van der Waals surface area contributed by atoms with E-state index in [0.29, 0.717) is 0 Å². The van der Waals surface area contributed by atoms with E-state index in [1.807, 2.05) is 6.07 Å². The minimum Gasteiger partial charge on any atom is -0.357 e.